The molecule has 0 N–H and O–H groups in total. The molecule has 3 unspecified atom stereocenters. The lowest BCUT2D eigenvalue weighted by Crippen LogP contribution is -2.60. The van der Waals surface area contributed by atoms with Gasteiger partial charge in [-0.25, -0.2) is 4.79 Å². The zero-order chi connectivity index (χ0) is 28.3. The van der Waals surface area contributed by atoms with Crippen molar-refractivity contribution in [1.82, 2.24) is 0 Å². The number of carbonyl (C=O) groups excluding carboxylic acids is 2. The average Bonchev–Trinajstić information content (AvgIpc) is 3.94. The number of carbonyl (C=O) groups is 2. The molecule has 3 heterocycles. The van der Waals surface area contributed by atoms with E-state index in [1.165, 1.54) is 68.9 Å². The number of hydrogen-bond donors (Lipinski definition) is 0. The Morgan fingerprint density at radius 1 is 0.902 bits per heavy atom. The van der Waals surface area contributed by atoms with Gasteiger partial charge in [0.25, 0.3) is 0 Å². The molecule has 41 heavy (non-hydrogen) atoms. The van der Waals surface area contributed by atoms with Crippen LogP contribution < -0.4 is 5.11 Å². The summed E-state index contributed by atoms with van der Waals surface area (Å²) < 4.78 is 15.1. The van der Waals surface area contributed by atoms with Crippen molar-refractivity contribution in [2.75, 3.05) is 18.8 Å². The molecule has 2 aliphatic carbocycles. The molecule has 7 rings (SSSR count). The third-order valence-corrected chi connectivity index (χ3v) is 11.6. The average molecular weight is 578 g/mol. The van der Waals surface area contributed by atoms with Crippen LogP contribution in [0.1, 0.15) is 75.3 Å². The van der Waals surface area contributed by atoms with Gasteiger partial charge in [-0.2, -0.15) is 0 Å². The SMILES string of the molecule is O=C(OC1CC2CCC(C1)[N+]21CCCC1)C(OC(SCC1CC1)C1CC1)(c1ccccc1)c1ccccc1.O=C[O-]. The van der Waals surface area contributed by atoms with Crippen molar-refractivity contribution < 1.29 is 28.7 Å². The Balaban J connectivity index is 0.000000967. The summed E-state index contributed by atoms with van der Waals surface area (Å²) in [6.45, 7) is 2.16. The number of thioether (sulfide) groups is 1. The van der Waals surface area contributed by atoms with Crippen LogP contribution in [0.3, 0.4) is 0 Å². The number of hydrogen-bond acceptors (Lipinski definition) is 6. The van der Waals surface area contributed by atoms with E-state index in [9.17, 15) is 4.79 Å². The van der Waals surface area contributed by atoms with Gasteiger partial charge in [-0.15, -0.1) is 11.8 Å². The Morgan fingerprint density at radius 2 is 1.44 bits per heavy atom. The highest BCUT2D eigenvalue weighted by molar-refractivity contribution is 7.99. The highest BCUT2D eigenvalue weighted by Gasteiger charge is 2.57. The van der Waals surface area contributed by atoms with E-state index in [1.54, 1.807) is 0 Å². The summed E-state index contributed by atoms with van der Waals surface area (Å²) in [5.41, 5.74) is 0.527. The maximum absolute atomic E-state index is 14.6. The fraction of sp³-hybridized carbons (Fsp3) is 0.588. The second-order valence-electron chi connectivity index (χ2n) is 12.8. The lowest BCUT2D eigenvalue weighted by molar-refractivity contribution is -0.956. The van der Waals surface area contributed by atoms with Crippen LogP contribution in [0.2, 0.25) is 0 Å². The van der Waals surface area contributed by atoms with E-state index in [1.807, 2.05) is 48.2 Å². The van der Waals surface area contributed by atoms with Crippen LogP contribution in [0, 0.1) is 11.8 Å². The van der Waals surface area contributed by atoms with Gasteiger partial charge in [-0.05, 0) is 54.4 Å². The van der Waals surface area contributed by atoms with Crippen molar-refractivity contribution in [2.24, 2.45) is 11.8 Å². The van der Waals surface area contributed by atoms with Gasteiger partial charge in [0.1, 0.15) is 11.5 Å². The predicted octanol–water partition coefficient (Wildman–Crippen LogP) is 5.04. The standard InChI is InChI=1S/C33H42NO3S.CH2O2/c35-32(36-30-21-28-17-18-29(22-30)34(28)19-7-8-20-34)33(26-9-3-1-4-10-26,27-11-5-2-6-12-27)37-31(25-15-16-25)38-23-24-13-14-24;2-1-3/h1-6,9-12,24-25,28-31H,7-8,13-23H2;1H,(H,2,3)/q+1;/p-1. The monoisotopic (exact) mass is 577 g/mol. The number of piperidine rings is 1. The smallest absolute Gasteiger partial charge is 0.348 e. The second kappa shape index (κ2) is 12.5. The van der Waals surface area contributed by atoms with Gasteiger partial charge >= 0.3 is 5.97 Å². The zero-order valence-electron chi connectivity index (χ0n) is 23.9. The normalized spacial score (nSPS) is 27.1. The minimum Gasteiger partial charge on any atom is -0.554 e. The first-order valence-corrected chi connectivity index (χ1v) is 16.7. The number of ether oxygens (including phenoxy) is 2. The molecule has 7 heteroatoms. The van der Waals surface area contributed by atoms with Crippen molar-refractivity contribution >= 4 is 24.2 Å². The van der Waals surface area contributed by atoms with Crippen LogP contribution in [-0.2, 0) is 24.7 Å². The Labute approximate surface area is 248 Å². The van der Waals surface area contributed by atoms with E-state index < -0.39 is 12.1 Å². The summed E-state index contributed by atoms with van der Waals surface area (Å²) >= 11 is 1.93. The summed E-state index contributed by atoms with van der Waals surface area (Å²) in [5, 5.41) is 8.25. The molecule has 2 bridgehead atoms. The van der Waals surface area contributed by atoms with Crippen LogP contribution >= 0.6 is 11.8 Å². The first kappa shape index (κ1) is 28.8. The summed E-state index contributed by atoms with van der Waals surface area (Å²) in [6, 6.07) is 21.7. The highest BCUT2D eigenvalue weighted by atomic mass is 32.2. The zero-order valence-corrected chi connectivity index (χ0v) is 24.7. The fourth-order valence-corrected chi connectivity index (χ4v) is 9.35. The van der Waals surface area contributed by atoms with Crippen LogP contribution in [0.25, 0.3) is 0 Å². The summed E-state index contributed by atoms with van der Waals surface area (Å²) in [6.07, 6.45) is 12.3. The molecule has 5 fully saturated rings. The third kappa shape index (κ3) is 5.95. The molecule has 6 nitrogen and oxygen atoms in total. The molecule has 220 valence electrons. The number of carboxylic acid groups (broad SMARTS) is 1. The van der Waals surface area contributed by atoms with Crippen LogP contribution in [0.15, 0.2) is 60.7 Å². The van der Waals surface area contributed by atoms with E-state index in [0.717, 1.165) is 35.6 Å². The number of quaternary nitrogens is 1. The highest BCUT2D eigenvalue weighted by Crippen LogP contribution is 2.50. The molecular formula is C34H43NO5S. The van der Waals surface area contributed by atoms with E-state index in [4.69, 9.17) is 19.4 Å². The molecular weight excluding hydrogens is 534 g/mol. The van der Waals surface area contributed by atoms with Crippen molar-refractivity contribution in [3.05, 3.63) is 71.8 Å². The number of rotatable bonds is 10. The van der Waals surface area contributed by atoms with Gasteiger partial charge in [0.15, 0.2) is 0 Å². The van der Waals surface area contributed by atoms with Crippen LogP contribution in [-0.4, -0.2) is 59.4 Å². The van der Waals surface area contributed by atoms with Gasteiger partial charge in [0.05, 0.1) is 25.2 Å². The molecule has 0 aromatic heterocycles. The van der Waals surface area contributed by atoms with Gasteiger partial charge in [0.2, 0.25) is 5.60 Å². The van der Waals surface area contributed by atoms with Gasteiger partial charge < -0.3 is 23.9 Å². The molecule has 2 aromatic carbocycles. The quantitative estimate of drug-likeness (QED) is 0.171. The van der Waals surface area contributed by atoms with Gasteiger partial charge in [-0.1, -0.05) is 60.7 Å². The first-order chi connectivity index (χ1) is 20.1. The molecule has 1 spiro atoms. The number of esters is 1. The van der Waals surface area contributed by atoms with E-state index in [-0.39, 0.29) is 17.5 Å². The fourth-order valence-electron chi connectivity index (χ4n) is 7.80. The minimum atomic E-state index is -1.25. The minimum absolute atomic E-state index is 0.00419. The Bertz CT molecular complexity index is 1110. The second-order valence-corrected chi connectivity index (χ2v) is 13.9. The lowest BCUT2D eigenvalue weighted by Gasteiger charge is -2.47. The molecule has 3 saturated heterocycles. The van der Waals surface area contributed by atoms with Crippen molar-refractivity contribution in [2.45, 2.75) is 93.4 Å². The first-order valence-electron chi connectivity index (χ1n) is 15.6. The molecule has 3 atom stereocenters. The summed E-state index contributed by atoms with van der Waals surface area (Å²) in [5.74, 6) is 2.25. The molecule has 2 saturated carbocycles. The Hall–Kier alpha value is -2.35. The van der Waals surface area contributed by atoms with E-state index >= 15 is 0 Å². The molecule has 3 aliphatic heterocycles. The summed E-state index contributed by atoms with van der Waals surface area (Å²) in [7, 11) is 0. The van der Waals surface area contributed by atoms with Crippen molar-refractivity contribution in [3.63, 3.8) is 0 Å². The molecule has 0 amide bonds. The molecule has 0 radical (unpaired) electrons. The van der Waals surface area contributed by atoms with Crippen molar-refractivity contribution in [3.8, 4) is 0 Å². The maximum atomic E-state index is 14.6. The Kier molecular flexibility index (Phi) is 8.75. The van der Waals surface area contributed by atoms with Gasteiger partial charge in [-0.3, -0.25) is 0 Å². The van der Waals surface area contributed by atoms with Gasteiger partial charge in [0, 0.05) is 45.0 Å². The number of benzene rings is 2. The van der Waals surface area contributed by atoms with Crippen LogP contribution in [0.5, 0.6) is 0 Å². The molecule has 2 aromatic rings. The maximum Gasteiger partial charge on any atom is 0.348 e. The Morgan fingerprint density at radius 3 is 1.93 bits per heavy atom. The van der Waals surface area contributed by atoms with E-state index in [2.05, 4.69) is 24.3 Å². The summed E-state index contributed by atoms with van der Waals surface area (Å²) in [4.78, 5) is 22.9. The number of nitrogens with zero attached hydrogens (tertiary/aromatic N) is 1. The predicted molar refractivity (Wildman–Crippen MR) is 158 cm³/mol. The molecule has 5 aliphatic rings. The lowest BCUT2D eigenvalue weighted by atomic mass is 9.85. The van der Waals surface area contributed by atoms with E-state index in [0.29, 0.717) is 18.0 Å². The van der Waals surface area contributed by atoms with Crippen molar-refractivity contribution in [1.29, 1.82) is 0 Å². The largest absolute Gasteiger partial charge is 0.554 e. The van der Waals surface area contributed by atoms with Crippen LogP contribution in [0.4, 0.5) is 0 Å². The third-order valence-electron chi connectivity index (χ3n) is 10.2. The topological polar surface area (TPSA) is 75.7 Å².